The number of halogens is 3. The Hall–Kier alpha value is -3.04. The Bertz CT molecular complexity index is 2170. The van der Waals surface area contributed by atoms with E-state index in [0.717, 1.165) is 6.92 Å². The highest BCUT2D eigenvalue weighted by atomic mass is 19.3. The molecule has 0 radical (unpaired) electrons. The fourth-order valence-electron chi connectivity index (χ4n) is 3.69. The van der Waals surface area contributed by atoms with Gasteiger partial charge < -0.3 is 24.3 Å². The third kappa shape index (κ3) is 4.48. The molecule has 2 N–H and O–H groups in total. The predicted octanol–water partition coefficient (Wildman–Crippen LogP) is 4.99. The molecule has 2 aromatic carbocycles. The van der Waals surface area contributed by atoms with Crippen molar-refractivity contribution in [2.75, 3.05) is 6.56 Å². The van der Waals surface area contributed by atoms with Gasteiger partial charge >= 0.3 is 6.29 Å². The highest BCUT2D eigenvalue weighted by molar-refractivity contribution is 5.95. The summed E-state index contributed by atoms with van der Waals surface area (Å²) in [5, 5.41) is 19.7. The maximum Gasteiger partial charge on any atom is 0.586 e. The molecule has 0 spiro atoms. The molecule has 6 nitrogen and oxygen atoms in total. The molecule has 1 aliphatic carbocycles. The monoisotopic (exact) mass is 535 g/mol. The van der Waals surface area contributed by atoms with Crippen molar-refractivity contribution in [1.29, 1.82) is 0 Å². The van der Waals surface area contributed by atoms with Gasteiger partial charge in [-0.15, -0.1) is 8.78 Å². The van der Waals surface area contributed by atoms with Gasteiger partial charge in [0.25, 0.3) is 0 Å². The van der Waals surface area contributed by atoms with Crippen LogP contribution in [0.5, 0.6) is 11.5 Å². The van der Waals surface area contributed by atoms with Crippen LogP contribution in [-0.4, -0.2) is 39.5 Å². The van der Waals surface area contributed by atoms with E-state index in [1.807, 2.05) is 0 Å². The van der Waals surface area contributed by atoms with Crippen LogP contribution in [0.15, 0.2) is 36.3 Å². The van der Waals surface area contributed by atoms with Crippen LogP contribution < -0.4 is 9.47 Å². The molecule has 0 bridgehead atoms. The number of carbonyl (C=O) groups excluding carboxylic acids is 1. The van der Waals surface area contributed by atoms with Gasteiger partial charge in [-0.2, -0.15) is 0 Å². The molecular weight excluding hydrogens is 487 g/mol. The van der Waals surface area contributed by atoms with Gasteiger partial charge in [0.2, 0.25) is 0 Å². The topological polar surface area (TPSA) is 80.9 Å². The summed E-state index contributed by atoms with van der Waals surface area (Å²) in [6.07, 6.45) is -17.8. The number of Topliss-reactive ketones (excluding diaryl/α,β-unsaturated/α-hetero) is 1. The van der Waals surface area contributed by atoms with E-state index in [9.17, 15) is 23.8 Å². The highest BCUT2D eigenvalue weighted by Crippen LogP contribution is 2.52. The Morgan fingerprint density at radius 3 is 2.70 bits per heavy atom. The van der Waals surface area contributed by atoms with E-state index in [0.29, 0.717) is 0 Å². The number of ketones is 1. The predicted molar refractivity (Wildman–Crippen MR) is 131 cm³/mol. The first-order valence-electron chi connectivity index (χ1n) is 19.7. The molecule has 198 valence electrons. The zero-order valence-electron chi connectivity index (χ0n) is 37.1. The lowest BCUT2D eigenvalue weighted by Gasteiger charge is -2.26. The van der Waals surface area contributed by atoms with E-state index in [1.165, 1.54) is 6.92 Å². The minimum atomic E-state index is -4.50. The quantitative estimate of drug-likeness (QED) is 0.404. The van der Waals surface area contributed by atoms with Crippen LogP contribution in [0.25, 0.3) is 10.9 Å². The Morgan fingerprint density at radius 2 is 2.05 bits per heavy atom. The van der Waals surface area contributed by atoms with Crippen molar-refractivity contribution in [2.45, 2.75) is 76.0 Å². The Balaban J connectivity index is 1.86. The van der Waals surface area contributed by atoms with E-state index in [-0.39, 0.29) is 4.57 Å². The molecule has 1 aliphatic heterocycles. The van der Waals surface area contributed by atoms with Gasteiger partial charge in [0, 0.05) is 32.5 Å². The largest absolute Gasteiger partial charge is 0.586 e. The fraction of sp³-hybridized carbons (Fsp3) is 0.464. The van der Waals surface area contributed by atoms with Crippen LogP contribution in [0.1, 0.15) is 81.4 Å². The number of aliphatic hydroxyl groups is 2. The molecule has 2 aliphatic rings. The number of ether oxygens (including phenoxy) is 2. The summed E-state index contributed by atoms with van der Waals surface area (Å²) in [4.78, 5) is 14.3. The van der Waals surface area contributed by atoms with Crippen LogP contribution >= 0.6 is 0 Å². The average Bonchev–Trinajstić information content (AvgIpc) is 3.34. The van der Waals surface area contributed by atoms with E-state index in [4.69, 9.17) is 24.7 Å². The van der Waals surface area contributed by atoms with Crippen LogP contribution in [0.3, 0.4) is 0 Å². The minimum Gasteiger partial charge on any atom is -0.395 e. The number of fused-ring (bicyclic) bond motifs is 2. The number of hydrogen-bond acceptors (Lipinski definition) is 5. The summed E-state index contributed by atoms with van der Waals surface area (Å²) in [6, 6.07) is -8.01. The maximum atomic E-state index is 16.5. The molecule has 1 unspecified atom stereocenters. The van der Waals surface area contributed by atoms with Gasteiger partial charge in [0.15, 0.2) is 11.5 Å². The average molecular weight is 536 g/mol. The Morgan fingerprint density at radius 1 is 1.32 bits per heavy atom. The zero-order chi connectivity index (χ0) is 42.6. The molecule has 3 aromatic rings. The maximum absolute atomic E-state index is 16.5. The number of nitrogens with zero attached hydrogens (tertiary/aromatic N) is 1. The number of aromatic nitrogens is 1. The molecule has 2 heterocycles. The molecule has 37 heavy (non-hydrogen) atoms. The van der Waals surface area contributed by atoms with Gasteiger partial charge in [-0.25, -0.2) is 4.39 Å². The van der Waals surface area contributed by atoms with Crippen LogP contribution in [0, 0.1) is 5.82 Å². The number of hydrogen-bond donors (Lipinski definition) is 2. The second-order valence-electron chi connectivity index (χ2n) is 8.51. The summed E-state index contributed by atoms with van der Waals surface area (Å²) in [5.41, 5.74) is -10.6. The summed E-state index contributed by atoms with van der Waals surface area (Å²) >= 11 is 0. The van der Waals surface area contributed by atoms with Gasteiger partial charge in [-0.05, 0) is 60.5 Å². The number of alkyl halides is 2. The second-order valence-corrected chi connectivity index (χ2v) is 8.51. The Kier molecular flexibility index (Phi) is 2.79. The molecular formula is C28H30F3NO5. The molecule has 0 saturated heterocycles. The summed E-state index contributed by atoms with van der Waals surface area (Å²) in [6.45, 7) is -9.28. The molecule has 1 saturated carbocycles. The summed E-state index contributed by atoms with van der Waals surface area (Å²) < 4.78 is 203. The van der Waals surface area contributed by atoms with E-state index >= 15 is 4.39 Å². The minimum absolute atomic E-state index is 0.0623. The highest BCUT2D eigenvalue weighted by Gasteiger charge is 2.52. The second kappa shape index (κ2) is 8.77. The van der Waals surface area contributed by atoms with Crippen molar-refractivity contribution >= 4 is 16.7 Å². The zero-order valence-corrected chi connectivity index (χ0v) is 19.1. The van der Waals surface area contributed by atoms with Crippen LogP contribution in [-0.2, 0) is 28.5 Å². The van der Waals surface area contributed by atoms with Crippen molar-refractivity contribution in [3.05, 3.63) is 58.9 Å². The lowest BCUT2D eigenvalue weighted by Crippen LogP contribution is -2.26. The van der Waals surface area contributed by atoms with Gasteiger partial charge in [-0.1, -0.05) is 26.7 Å². The van der Waals surface area contributed by atoms with Crippen molar-refractivity contribution in [2.24, 2.45) is 0 Å². The molecule has 1 fully saturated rings. The normalized spacial score (nSPS) is 31.3. The number of carbonyl (C=O) groups is 1. The van der Waals surface area contributed by atoms with Crippen molar-refractivity contribution in [3.8, 4) is 11.5 Å². The molecule has 5 rings (SSSR count). The molecule has 9 heteroatoms. The fourth-order valence-corrected chi connectivity index (χ4v) is 3.69. The number of benzene rings is 2. The van der Waals surface area contributed by atoms with Crippen molar-refractivity contribution in [1.82, 2.24) is 4.57 Å². The van der Waals surface area contributed by atoms with Gasteiger partial charge in [0.1, 0.15) is 11.6 Å². The lowest BCUT2D eigenvalue weighted by atomic mass is 9.86. The molecule has 0 amide bonds. The summed E-state index contributed by atoms with van der Waals surface area (Å²) in [5.74, 6) is -6.15. The standard InChI is InChI=1S/C28H30F3NO5/c1-4-26(2,3)24-10-17-9-16(20(29)13-21(17)32(24)14-19(34)15-33)11-25(35)27(7-8-27)18-5-6-22-23(12-18)37-28(30,31)36-22/h5-6,9-10,12-13,19,33-34H,4,7-8,11,14-15H2,1-3H3/t19-/m0/s1/i2D3,5D,6D,7D2,8D2,9D,10D,12D,13D,14D2,15D2,19D/t19-,26?. The van der Waals surface area contributed by atoms with Crippen LogP contribution in [0.2, 0.25) is 0 Å². The number of rotatable bonds is 9. The smallest absolute Gasteiger partial charge is 0.395 e. The Labute approximate surface area is 237 Å². The first-order chi connectivity index (χ1) is 24.5. The van der Waals surface area contributed by atoms with Gasteiger partial charge in [-0.3, -0.25) is 4.79 Å². The van der Waals surface area contributed by atoms with E-state index < -0.39 is 156 Å². The molecule has 1 aromatic heterocycles. The van der Waals surface area contributed by atoms with Crippen molar-refractivity contribution < 1.29 is 62.3 Å². The molecule has 2 atom stereocenters. The van der Waals surface area contributed by atoms with E-state index in [1.54, 1.807) is 0 Å². The first kappa shape index (κ1) is 11.8. The lowest BCUT2D eigenvalue weighted by molar-refractivity contribution is -0.286. The van der Waals surface area contributed by atoms with Crippen molar-refractivity contribution in [3.63, 3.8) is 0 Å². The van der Waals surface area contributed by atoms with Crippen LogP contribution in [0.4, 0.5) is 13.2 Å². The summed E-state index contributed by atoms with van der Waals surface area (Å²) in [7, 11) is 0. The van der Waals surface area contributed by atoms with E-state index in [2.05, 4.69) is 9.47 Å². The SMILES string of the molecule is [2H]c1c([2H])c(C2(C(=O)Cc3c(F)c([2H])c4c(c3[2H])c([2H])c(C(C)(CC)C([2H])([2H])[2H])n4C([2H])([2H])[C@]([2H])(O)C([2H])([2H])O)C([2H])([2H])C2([2H])[2H])c([2H])c2c1OC(F)(F)O2. The third-order valence-electron chi connectivity index (χ3n) is 5.94. The first-order valence-corrected chi connectivity index (χ1v) is 10.7. The van der Waals surface area contributed by atoms with Gasteiger partial charge in [0.05, 0.1) is 45.1 Å². The third-order valence-corrected chi connectivity index (χ3v) is 5.94.